The van der Waals surface area contributed by atoms with Crippen molar-refractivity contribution >= 4 is 11.7 Å². The SMILES string of the molecule is [N-]=[N+]=NC(=O)c1nnn(CCc2ccccc2)c1N. The molecule has 8 heteroatoms. The van der Waals surface area contributed by atoms with Crippen molar-refractivity contribution in [1.82, 2.24) is 15.0 Å². The summed E-state index contributed by atoms with van der Waals surface area (Å²) in [6, 6.07) is 9.79. The fourth-order valence-electron chi connectivity index (χ4n) is 1.61. The first-order valence-electron chi connectivity index (χ1n) is 5.54. The summed E-state index contributed by atoms with van der Waals surface area (Å²) >= 11 is 0. The summed E-state index contributed by atoms with van der Waals surface area (Å²) in [6.07, 6.45) is 0.712. The van der Waals surface area contributed by atoms with Crippen LogP contribution in [0, 0.1) is 0 Å². The van der Waals surface area contributed by atoms with Crippen LogP contribution in [0.1, 0.15) is 16.1 Å². The lowest BCUT2D eigenvalue weighted by atomic mass is 10.1. The second kappa shape index (κ2) is 5.65. The van der Waals surface area contributed by atoms with Crippen LogP contribution in [0.2, 0.25) is 0 Å². The van der Waals surface area contributed by atoms with Crippen LogP contribution in [0.15, 0.2) is 35.4 Å². The fraction of sp³-hybridized carbons (Fsp3) is 0.182. The molecule has 2 N–H and O–H groups in total. The quantitative estimate of drug-likeness (QED) is 0.507. The molecule has 8 nitrogen and oxygen atoms in total. The second-order valence-corrected chi connectivity index (χ2v) is 3.78. The number of hydrogen-bond acceptors (Lipinski definition) is 4. The smallest absolute Gasteiger partial charge is 0.273 e. The van der Waals surface area contributed by atoms with Gasteiger partial charge in [-0.1, -0.05) is 35.5 Å². The van der Waals surface area contributed by atoms with Crippen LogP contribution in [0.5, 0.6) is 0 Å². The Hall–Kier alpha value is -2.86. The number of carbonyl (C=O) groups excluding carboxylic acids is 1. The summed E-state index contributed by atoms with van der Waals surface area (Å²) in [7, 11) is 0. The van der Waals surface area contributed by atoms with Gasteiger partial charge in [-0.25, -0.2) is 4.68 Å². The Bertz CT molecular complexity index is 628. The number of carbonyl (C=O) groups is 1. The molecule has 0 unspecified atom stereocenters. The maximum absolute atomic E-state index is 11.3. The van der Waals surface area contributed by atoms with Crippen LogP contribution < -0.4 is 5.73 Å². The van der Waals surface area contributed by atoms with Crippen molar-refractivity contribution in [3.05, 3.63) is 52.0 Å². The molecule has 0 aliphatic carbocycles. The van der Waals surface area contributed by atoms with Crippen LogP contribution >= 0.6 is 0 Å². The van der Waals surface area contributed by atoms with Crippen LogP contribution in [-0.4, -0.2) is 20.9 Å². The molecule has 19 heavy (non-hydrogen) atoms. The Balaban J connectivity index is 2.10. The first kappa shape index (κ1) is 12.6. The molecule has 0 atom stereocenters. The largest absolute Gasteiger partial charge is 0.382 e. The zero-order valence-electron chi connectivity index (χ0n) is 9.97. The van der Waals surface area contributed by atoms with E-state index in [2.05, 4.69) is 20.3 Å². The van der Waals surface area contributed by atoms with Gasteiger partial charge in [0.15, 0.2) is 11.5 Å². The Morgan fingerprint density at radius 1 is 1.42 bits per heavy atom. The first-order valence-corrected chi connectivity index (χ1v) is 5.54. The van der Waals surface area contributed by atoms with Gasteiger partial charge in [0.25, 0.3) is 5.91 Å². The highest BCUT2D eigenvalue weighted by molar-refractivity contribution is 5.96. The Morgan fingerprint density at radius 3 is 2.84 bits per heavy atom. The van der Waals surface area contributed by atoms with Crippen LogP contribution in [0.3, 0.4) is 0 Å². The van der Waals surface area contributed by atoms with E-state index in [1.807, 2.05) is 30.3 Å². The Kier molecular flexibility index (Phi) is 3.75. The number of benzene rings is 1. The van der Waals surface area contributed by atoms with E-state index >= 15 is 0 Å². The molecule has 2 rings (SSSR count). The van der Waals surface area contributed by atoms with Gasteiger partial charge in [0.2, 0.25) is 0 Å². The molecule has 2 aromatic rings. The summed E-state index contributed by atoms with van der Waals surface area (Å²) in [5.74, 6) is -0.723. The maximum atomic E-state index is 11.3. The van der Waals surface area contributed by atoms with E-state index in [1.165, 1.54) is 4.68 Å². The zero-order valence-corrected chi connectivity index (χ0v) is 9.97. The molecule has 0 spiro atoms. The molecular weight excluding hydrogens is 246 g/mol. The lowest BCUT2D eigenvalue weighted by Crippen LogP contribution is -2.08. The molecule has 1 amide bonds. The predicted molar refractivity (Wildman–Crippen MR) is 68.1 cm³/mol. The molecular formula is C11H11N7O. The number of azide groups is 1. The van der Waals surface area contributed by atoms with Gasteiger partial charge in [-0.2, -0.15) is 0 Å². The molecule has 0 aliphatic heterocycles. The molecule has 96 valence electrons. The summed E-state index contributed by atoms with van der Waals surface area (Å²) in [5.41, 5.74) is 14.9. The minimum absolute atomic E-state index is 0.105. The monoisotopic (exact) mass is 257 g/mol. The van der Waals surface area contributed by atoms with Crippen LogP contribution in [0.4, 0.5) is 5.82 Å². The number of nitrogens with two attached hydrogens (primary N) is 1. The number of amides is 1. The van der Waals surface area contributed by atoms with Gasteiger partial charge >= 0.3 is 0 Å². The van der Waals surface area contributed by atoms with Crippen molar-refractivity contribution in [1.29, 1.82) is 0 Å². The lowest BCUT2D eigenvalue weighted by Gasteiger charge is -2.03. The highest BCUT2D eigenvalue weighted by Crippen LogP contribution is 2.10. The van der Waals surface area contributed by atoms with Crippen LogP contribution in [-0.2, 0) is 13.0 Å². The summed E-state index contributed by atoms with van der Waals surface area (Å²) in [5, 5.41) is 10.3. The summed E-state index contributed by atoms with van der Waals surface area (Å²) in [4.78, 5) is 13.7. The molecule has 0 fully saturated rings. The third kappa shape index (κ3) is 2.88. The average Bonchev–Trinajstić information content (AvgIpc) is 2.79. The minimum Gasteiger partial charge on any atom is -0.382 e. The molecule has 0 bridgehead atoms. The maximum Gasteiger partial charge on any atom is 0.273 e. The molecule has 0 saturated heterocycles. The number of anilines is 1. The third-order valence-corrected chi connectivity index (χ3v) is 2.57. The number of rotatable bonds is 4. The lowest BCUT2D eigenvalue weighted by molar-refractivity contribution is 0.0996. The molecule has 1 aromatic heterocycles. The van der Waals surface area contributed by atoms with Crippen molar-refractivity contribution in [2.75, 3.05) is 5.73 Å². The van der Waals surface area contributed by atoms with Crippen molar-refractivity contribution in [3.8, 4) is 0 Å². The van der Waals surface area contributed by atoms with Gasteiger partial charge in [0.1, 0.15) is 0 Å². The first-order chi connectivity index (χ1) is 9.22. The predicted octanol–water partition coefficient (Wildman–Crippen LogP) is 1.55. The van der Waals surface area contributed by atoms with Gasteiger partial charge in [-0.3, -0.25) is 4.79 Å². The number of nitrogen functional groups attached to an aromatic ring is 1. The Labute approximate surface area is 108 Å². The highest BCUT2D eigenvalue weighted by atomic mass is 16.2. The molecule has 0 radical (unpaired) electrons. The van der Waals surface area contributed by atoms with E-state index in [-0.39, 0.29) is 11.5 Å². The molecule has 1 aromatic carbocycles. The van der Waals surface area contributed by atoms with Crippen molar-refractivity contribution in [2.24, 2.45) is 5.11 Å². The summed E-state index contributed by atoms with van der Waals surface area (Å²) in [6.45, 7) is 0.492. The van der Waals surface area contributed by atoms with Gasteiger partial charge in [-0.05, 0) is 22.6 Å². The van der Waals surface area contributed by atoms with E-state index in [1.54, 1.807) is 0 Å². The van der Waals surface area contributed by atoms with Crippen molar-refractivity contribution < 1.29 is 4.79 Å². The molecule has 0 saturated carbocycles. The van der Waals surface area contributed by atoms with Crippen LogP contribution in [0.25, 0.3) is 10.4 Å². The third-order valence-electron chi connectivity index (χ3n) is 2.57. The fourth-order valence-corrected chi connectivity index (χ4v) is 1.61. The van der Waals surface area contributed by atoms with Gasteiger partial charge < -0.3 is 5.73 Å². The van der Waals surface area contributed by atoms with Gasteiger partial charge in [0.05, 0.1) is 0 Å². The van der Waals surface area contributed by atoms with Crippen molar-refractivity contribution in [2.45, 2.75) is 13.0 Å². The Morgan fingerprint density at radius 2 is 2.16 bits per heavy atom. The number of hydrogen-bond donors (Lipinski definition) is 1. The average molecular weight is 257 g/mol. The number of nitrogens with zero attached hydrogens (tertiary/aromatic N) is 6. The topological polar surface area (TPSA) is 123 Å². The van der Waals surface area contributed by atoms with Gasteiger partial charge in [-0.15, -0.1) is 5.10 Å². The summed E-state index contributed by atoms with van der Waals surface area (Å²) < 4.78 is 1.41. The van der Waals surface area contributed by atoms with E-state index < -0.39 is 5.91 Å². The second-order valence-electron chi connectivity index (χ2n) is 3.78. The zero-order chi connectivity index (χ0) is 13.7. The molecule has 0 aliphatic rings. The number of aromatic nitrogens is 3. The normalized spacial score (nSPS) is 9.89. The number of aryl methyl sites for hydroxylation is 2. The van der Waals surface area contributed by atoms with E-state index in [0.717, 1.165) is 5.56 Å². The van der Waals surface area contributed by atoms with E-state index in [4.69, 9.17) is 11.3 Å². The van der Waals surface area contributed by atoms with E-state index in [0.29, 0.717) is 13.0 Å². The van der Waals surface area contributed by atoms with E-state index in [9.17, 15) is 4.79 Å². The minimum atomic E-state index is -0.828. The van der Waals surface area contributed by atoms with Gasteiger partial charge in [0, 0.05) is 11.5 Å². The standard InChI is InChI=1S/C11H11N7O/c12-10-9(11(19)15-16-13)14-17-18(10)7-6-8-4-2-1-3-5-8/h1-5H,6-7,12H2. The highest BCUT2D eigenvalue weighted by Gasteiger charge is 2.15. The molecule has 1 heterocycles. The van der Waals surface area contributed by atoms with Crippen molar-refractivity contribution in [3.63, 3.8) is 0 Å².